The number of aliphatic carboxylic acids is 1. The van der Waals surface area contributed by atoms with Crippen molar-refractivity contribution in [1.29, 1.82) is 0 Å². The van der Waals surface area contributed by atoms with Gasteiger partial charge in [0.2, 0.25) is 5.13 Å². The molecule has 0 saturated carbocycles. The zero-order valence-electron chi connectivity index (χ0n) is 14.6. The van der Waals surface area contributed by atoms with Gasteiger partial charge in [-0.05, 0) is 38.1 Å². The van der Waals surface area contributed by atoms with E-state index in [2.05, 4.69) is 24.6 Å². The molecule has 0 amide bonds. The van der Waals surface area contributed by atoms with Crippen LogP contribution in [0.5, 0.6) is 0 Å². The molecular weight excluding hydrogens is 399 g/mol. The van der Waals surface area contributed by atoms with Crippen LogP contribution in [-0.2, 0) is 16.1 Å². The van der Waals surface area contributed by atoms with Crippen molar-refractivity contribution in [3.63, 3.8) is 0 Å². The number of hydrogen-bond donors (Lipinski definition) is 2. The van der Waals surface area contributed by atoms with E-state index in [4.69, 9.17) is 9.90 Å². The van der Waals surface area contributed by atoms with Crippen LogP contribution in [0.25, 0.3) is 0 Å². The number of aldehydes is 1. The van der Waals surface area contributed by atoms with E-state index in [9.17, 15) is 18.0 Å². The average Bonchev–Trinajstić information content (AvgIpc) is 3.15. The molecule has 1 aliphatic heterocycles. The Morgan fingerprint density at radius 2 is 2.04 bits per heavy atom. The lowest BCUT2D eigenvalue weighted by Gasteiger charge is -2.29. The van der Waals surface area contributed by atoms with Crippen LogP contribution in [0.2, 0.25) is 0 Å². The number of anilines is 2. The topological polar surface area (TPSA) is 108 Å². The van der Waals surface area contributed by atoms with Crippen LogP contribution in [0.3, 0.4) is 0 Å². The molecule has 2 aromatic heterocycles. The Balaban J connectivity index is 0.000000345. The number of hydrogen-bond acceptors (Lipinski definition) is 8. The highest BCUT2D eigenvalue weighted by Crippen LogP contribution is 2.19. The lowest BCUT2D eigenvalue weighted by Crippen LogP contribution is -2.33. The van der Waals surface area contributed by atoms with Crippen LogP contribution in [0.15, 0.2) is 24.5 Å². The van der Waals surface area contributed by atoms with Gasteiger partial charge in [0, 0.05) is 24.0 Å². The molecule has 0 aromatic carbocycles. The van der Waals surface area contributed by atoms with Crippen molar-refractivity contribution in [2.45, 2.75) is 25.6 Å². The summed E-state index contributed by atoms with van der Waals surface area (Å²) in [4.78, 5) is 30.7. The molecule has 2 N–H and O–H groups in total. The summed E-state index contributed by atoms with van der Waals surface area (Å²) < 4.78 is 35.7. The van der Waals surface area contributed by atoms with Gasteiger partial charge in [0.1, 0.15) is 18.4 Å². The Labute approximate surface area is 162 Å². The first-order valence-electron chi connectivity index (χ1n) is 8.25. The van der Waals surface area contributed by atoms with Crippen LogP contribution >= 0.6 is 11.5 Å². The molecule has 0 bridgehead atoms. The van der Waals surface area contributed by atoms with Gasteiger partial charge in [-0.1, -0.05) is 6.07 Å². The van der Waals surface area contributed by atoms with E-state index in [0.29, 0.717) is 0 Å². The van der Waals surface area contributed by atoms with Crippen LogP contribution < -0.4 is 5.32 Å². The summed E-state index contributed by atoms with van der Waals surface area (Å²) in [6, 6.07) is 5.94. The summed E-state index contributed by atoms with van der Waals surface area (Å²) in [5, 5.41) is 11.0. The van der Waals surface area contributed by atoms with Crippen molar-refractivity contribution in [2.24, 2.45) is 5.92 Å². The standard InChI is InChI=1S/C14H17N5OS.C2HF3O2/c20-9-11-4-6-19(7-5-11)8-12-2-1-3-13(17-12)18-14-15-10-16-21-14;3-2(4,5)1(6)7/h1-3,9-11H,4-8H2,(H,15,16,17,18);(H,6,7). The molecule has 3 rings (SSSR count). The zero-order chi connectivity index (χ0) is 20.6. The quantitative estimate of drug-likeness (QED) is 0.715. The van der Waals surface area contributed by atoms with E-state index in [0.717, 1.165) is 55.4 Å². The van der Waals surface area contributed by atoms with Crippen molar-refractivity contribution in [3.8, 4) is 0 Å². The molecule has 0 spiro atoms. The van der Waals surface area contributed by atoms with Crippen molar-refractivity contribution >= 4 is 34.7 Å². The lowest BCUT2D eigenvalue weighted by atomic mass is 9.98. The van der Waals surface area contributed by atoms with E-state index in [1.54, 1.807) is 0 Å². The smallest absolute Gasteiger partial charge is 0.475 e. The van der Waals surface area contributed by atoms with Gasteiger partial charge in [-0.15, -0.1) is 0 Å². The van der Waals surface area contributed by atoms with Crippen molar-refractivity contribution in [1.82, 2.24) is 19.2 Å². The summed E-state index contributed by atoms with van der Waals surface area (Å²) >= 11 is 1.31. The third-order valence-corrected chi connectivity index (χ3v) is 4.44. The fourth-order valence-corrected chi connectivity index (χ4v) is 2.89. The predicted octanol–water partition coefficient (Wildman–Crippen LogP) is 2.72. The van der Waals surface area contributed by atoms with E-state index < -0.39 is 12.1 Å². The Kier molecular flexibility index (Phi) is 7.81. The van der Waals surface area contributed by atoms with Crippen molar-refractivity contribution in [2.75, 3.05) is 18.4 Å². The van der Waals surface area contributed by atoms with Gasteiger partial charge in [0.05, 0.1) is 5.69 Å². The second kappa shape index (κ2) is 10.1. The van der Waals surface area contributed by atoms with Crippen molar-refractivity contribution in [3.05, 3.63) is 30.2 Å². The fourth-order valence-electron chi connectivity index (χ4n) is 2.45. The number of carboxylic acid groups (broad SMARTS) is 1. The molecule has 0 unspecified atom stereocenters. The molecule has 28 heavy (non-hydrogen) atoms. The van der Waals surface area contributed by atoms with Gasteiger partial charge in [0.25, 0.3) is 0 Å². The largest absolute Gasteiger partial charge is 0.490 e. The number of alkyl halides is 3. The number of rotatable bonds is 5. The van der Waals surface area contributed by atoms with E-state index in [1.165, 1.54) is 17.9 Å². The minimum atomic E-state index is -5.08. The number of pyridine rings is 1. The molecule has 12 heteroatoms. The van der Waals surface area contributed by atoms with Gasteiger partial charge in [0.15, 0.2) is 0 Å². The van der Waals surface area contributed by atoms with E-state index >= 15 is 0 Å². The molecule has 2 aromatic rings. The SMILES string of the molecule is O=C(O)C(F)(F)F.O=CC1CCN(Cc2cccc(Nc3ncns3)n2)CC1. The number of halogens is 3. The first-order chi connectivity index (χ1) is 13.3. The Morgan fingerprint density at radius 1 is 1.36 bits per heavy atom. The average molecular weight is 417 g/mol. The van der Waals surface area contributed by atoms with Crippen molar-refractivity contribution < 1.29 is 27.9 Å². The molecular formula is C16H18F3N5O3S. The fraction of sp³-hybridized carbons (Fsp3) is 0.438. The molecule has 1 fully saturated rings. The number of carbonyl (C=O) groups is 2. The number of nitrogens with zero attached hydrogens (tertiary/aromatic N) is 4. The predicted molar refractivity (Wildman–Crippen MR) is 95.2 cm³/mol. The van der Waals surface area contributed by atoms with Gasteiger partial charge < -0.3 is 15.2 Å². The number of carboxylic acids is 1. The number of nitrogens with one attached hydrogen (secondary N) is 1. The maximum absolute atomic E-state index is 10.8. The maximum atomic E-state index is 10.8. The summed E-state index contributed by atoms with van der Waals surface area (Å²) in [5.74, 6) is -1.74. The first-order valence-corrected chi connectivity index (χ1v) is 9.02. The highest BCUT2D eigenvalue weighted by Gasteiger charge is 2.38. The minimum Gasteiger partial charge on any atom is -0.475 e. The van der Waals surface area contributed by atoms with E-state index in [-0.39, 0.29) is 5.92 Å². The van der Waals surface area contributed by atoms with Crippen LogP contribution in [0.4, 0.5) is 24.1 Å². The normalized spacial score (nSPS) is 15.4. The minimum absolute atomic E-state index is 0.236. The molecule has 1 saturated heterocycles. The summed E-state index contributed by atoms with van der Waals surface area (Å²) in [5.41, 5.74) is 1.02. The number of aromatic nitrogens is 3. The maximum Gasteiger partial charge on any atom is 0.490 e. The second-order valence-corrected chi connectivity index (χ2v) is 6.72. The molecule has 8 nitrogen and oxygen atoms in total. The highest BCUT2D eigenvalue weighted by molar-refractivity contribution is 7.09. The van der Waals surface area contributed by atoms with Gasteiger partial charge in [-0.3, -0.25) is 4.90 Å². The highest BCUT2D eigenvalue weighted by atomic mass is 32.1. The van der Waals surface area contributed by atoms with Crippen LogP contribution in [0, 0.1) is 5.92 Å². The zero-order valence-corrected chi connectivity index (χ0v) is 15.4. The third kappa shape index (κ3) is 7.19. The Bertz CT molecular complexity index is 765. The van der Waals surface area contributed by atoms with Crippen LogP contribution in [-0.4, -0.2) is 55.9 Å². The summed E-state index contributed by atoms with van der Waals surface area (Å²) in [6.07, 6.45) is -0.575. The van der Waals surface area contributed by atoms with Crippen LogP contribution in [0.1, 0.15) is 18.5 Å². The number of carbonyl (C=O) groups excluding carboxylic acids is 1. The molecule has 0 radical (unpaired) electrons. The van der Waals surface area contributed by atoms with E-state index in [1.807, 2.05) is 18.2 Å². The molecule has 0 aliphatic carbocycles. The number of piperidine rings is 1. The molecule has 152 valence electrons. The third-order valence-electron chi connectivity index (χ3n) is 3.86. The molecule has 3 heterocycles. The first kappa shape index (κ1) is 21.7. The molecule has 0 atom stereocenters. The number of likely N-dealkylation sites (tertiary alicyclic amines) is 1. The Hall–Kier alpha value is -2.60. The lowest BCUT2D eigenvalue weighted by molar-refractivity contribution is -0.192. The van der Waals surface area contributed by atoms with Gasteiger partial charge in [-0.25, -0.2) is 14.8 Å². The molecule has 1 aliphatic rings. The second-order valence-electron chi connectivity index (χ2n) is 5.94. The summed E-state index contributed by atoms with van der Waals surface area (Å²) in [6.45, 7) is 2.73. The summed E-state index contributed by atoms with van der Waals surface area (Å²) in [7, 11) is 0. The monoisotopic (exact) mass is 417 g/mol. The van der Waals surface area contributed by atoms with Gasteiger partial charge >= 0.3 is 12.1 Å². The van der Waals surface area contributed by atoms with Gasteiger partial charge in [-0.2, -0.15) is 17.5 Å². The Morgan fingerprint density at radius 3 is 2.57 bits per heavy atom.